The first kappa shape index (κ1) is 17.7. The molecular weight excluding hydrogens is 331 g/mol. The zero-order chi connectivity index (χ0) is 18.3. The highest BCUT2D eigenvalue weighted by Crippen LogP contribution is 2.34. The van der Waals surface area contributed by atoms with Gasteiger partial charge >= 0.3 is 0 Å². The Balaban J connectivity index is 1.61. The van der Waals surface area contributed by atoms with Gasteiger partial charge in [0.25, 0.3) is 0 Å². The van der Waals surface area contributed by atoms with E-state index in [2.05, 4.69) is 18.2 Å². The van der Waals surface area contributed by atoms with Crippen molar-refractivity contribution in [3.8, 4) is 0 Å². The van der Waals surface area contributed by atoms with Gasteiger partial charge in [0.05, 0.1) is 24.9 Å². The second kappa shape index (κ2) is 7.10. The maximum Gasteiger partial charge on any atom is 0.129 e. The van der Waals surface area contributed by atoms with E-state index in [1.807, 2.05) is 13.0 Å². The zero-order valence-electron chi connectivity index (χ0n) is 15.0. The van der Waals surface area contributed by atoms with Gasteiger partial charge in [-0.05, 0) is 66.1 Å². The van der Waals surface area contributed by atoms with Crippen LogP contribution in [0.1, 0.15) is 52.3 Å². The molecule has 4 rings (SSSR count). The summed E-state index contributed by atoms with van der Waals surface area (Å²) in [6.07, 6.45) is 2.27. The van der Waals surface area contributed by atoms with Crippen molar-refractivity contribution in [3.63, 3.8) is 0 Å². The average molecular weight is 356 g/mol. The van der Waals surface area contributed by atoms with Crippen LogP contribution in [0.25, 0.3) is 0 Å². The molecule has 1 saturated heterocycles. The summed E-state index contributed by atoms with van der Waals surface area (Å²) in [5, 5.41) is 19.4. The SMILES string of the molecule is Cc1cc(F)c(C2CC(O)CC(CO)O2)cc1Cc1ccc2c(c1)CC2. The van der Waals surface area contributed by atoms with Crippen molar-refractivity contribution in [2.45, 2.75) is 57.3 Å². The molecule has 0 spiro atoms. The van der Waals surface area contributed by atoms with Gasteiger partial charge < -0.3 is 14.9 Å². The monoisotopic (exact) mass is 356 g/mol. The largest absolute Gasteiger partial charge is 0.394 e. The number of hydrogen-bond donors (Lipinski definition) is 2. The lowest BCUT2D eigenvalue weighted by atomic mass is 9.85. The van der Waals surface area contributed by atoms with E-state index in [1.165, 1.54) is 23.1 Å². The van der Waals surface area contributed by atoms with E-state index in [9.17, 15) is 14.6 Å². The highest BCUT2D eigenvalue weighted by Gasteiger charge is 2.31. The molecule has 3 unspecified atom stereocenters. The maximum atomic E-state index is 14.6. The fraction of sp³-hybridized carbons (Fsp3) is 0.455. The standard InChI is InChI=1S/C22H25FO3/c1-13-6-21(23)20(22-11-18(25)10-19(12-24)26-22)9-17(13)8-14-2-3-15-4-5-16(15)7-14/h2-3,6-7,9,18-19,22,24-25H,4-5,8,10-12H2,1H3. The maximum absolute atomic E-state index is 14.6. The van der Waals surface area contributed by atoms with E-state index in [0.717, 1.165) is 24.0 Å². The first-order valence-corrected chi connectivity index (χ1v) is 9.37. The van der Waals surface area contributed by atoms with Crippen molar-refractivity contribution in [2.75, 3.05) is 6.61 Å². The molecule has 1 aliphatic carbocycles. The van der Waals surface area contributed by atoms with Gasteiger partial charge in [-0.2, -0.15) is 0 Å². The molecular formula is C22H25FO3. The van der Waals surface area contributed by atoms with Crippen molar-refractivity contribution in [1.29, 1.82) is 0 Å². The van der Waals surface area contributed by atoms with Gasteiger partial charge in [0, 0.05) is 18.4 Å². The fourth-order valence-electron chi connectivity index (χ4n) is 4.06. The summed E-state index contributed by atoms with van der Waals surface area (Å²) in [4.78, 5) is 0. The Morgan fingerprint density at radius 2 is 1.92 bits per heavy atom. The Bertz CT molecular complexity index is 817. The number of aliphatic hydroxyl groups is 2. The number of ether oxygens (including phenoxy) is 1. The lowest BCUT2D eigenvalue weighted by Crippen LogP contribution is -2.33. The molecule has 1 heterocycles. The van der Waals surface area contributed by atoms with E-state index < -0.39 is 18.3 Å². The number of aryl methyl sites for hydroxylation is 3. The van der Waals surface area contributed by atoms with Crippen LogP contribution in [0.15, 0.2) is 30.3 Å². The Morgan fingerprint density at radius 1 is 1.12 bits per heavy atom. The highest BCUT2D eigenvalue weighted by atomic mass is 19.1. The molecule has 3 nitrogen and oxygen atoms in total. The molecule has 138 valence electrons. The second-order valence-electron chi connectivity index (χ2n) is 7.63. The van der Waals surface area contributed by atoms with Gasteiger partial charge in [0.1, 0.15) is 5.82 Å². The van der Waals surface area contributed by atoms with Gasteiger partial charge in [-0.25, -0.2) is 4.39 Å². The Morgan fingerprint density at radius 3 is 2.62 bits per heavy atom. The minimum Gasteiger partial charge on any atom is -0.394 e. The van der Waals surface area contributed by atoms with E-state index in [1.54, 1.807) is 6.07 Å². The van der Waals surface area contributed by atoms with Gasteiger partial charge in [0.2, 0.25) is 0 Å². The Hall–Kier alpha value is -1.75. The molecule has 4 heteroatoms. The van der Waals surface area contributed by atoms with Crippen LogP contribution in [0.5, 0.6) is 0 Å². The number of aliphatic hydroxyl groups excluding tert-OH is 2. The van der Waals surface area contributed by atoms with Crippen molar-refractivity contribution in [3.05, 3.63) is 69.5 Å². The van der Waals surface area contributed by atoms with Gasteiger partial charge in [-0.1, -0.05) is 18.2 Å². The van der Waals surface area contributed by atoms with Crippen molar-refractivity contribution < 1.29 is 19.3 Å². The molecule has 0 bridgehead atoms. The van der Waals surface area contributed by atoms with Gasteiger partial charge in [0.15, 0.2) is 0 Å². The van der Waals surface area contributed by atoms with Crippen LogP contribution >= 0.6 is 0 Å². The summed E-state index contributed by atoms with van der Waals surface area (Å²) >= 11 is 0. The first-order chi connectivity index (χ1) is 12.5. The van der Waals surface area contributed by atoms with Crippen molar-refractivity contribution in [1.82, 2.24) is 0 Å². The third kappa shape index (κ3) is 3.41. The lowest BCUT2D eigenvalue weighted by molar-refractivity contribution is -0.114. The minimum atomic E-state index is -0.581. The zero-order valence-corrected chi connectivity index (χ0v) is 15.0. The van der Waals surface area contributed by atoms with Crippen LogP contribution in [0.3, 0.4) is 0 Å². The molecule has 26 heavy (non-hydrogen) atoms. The van der Waals surface area contributed by atoms with E-state index >= 15 is 0 Å². The quantitative estimate of drug-likeness (QED) is 0.883. The molecule has 0 amide bonds. The summed E-state index contributed by atoms with van der Waals surface area (Å²) in [6.45, 7) is 1.76. The molecule has 2 aliphatic rings. The predicted molar refractivity (Wildman–Crippen MR) is 97.7 cm³/mol. The number of fused-ring (bicyclic) bond motifs is 1. The number of hydrogen-bond acceptors (Lipinski definition) is 3. The first-order valence-electron chi connectivity index (χ1n) is 9.37. The van der Waals surface area contributed by atoms with E-state index in [0.29, 0.717) is 18.4 Å². The molecule has 2 aromatic carbocycles. The summed E-state index contributed by atoms with van der Waals surface area (Å²) in [7, 11) is 0. The summed E-state index contributed by atoms with van der Waals surface area (Å²) in [6, 6.07) is 10.0. The highest BCUT2D eigenvalue weighted by molar-refractivity contribution is 5.42. The topological polar surface area (TPSA) is 49.7 Å². The molecule has 2 N–H and O–H groups in total. The van der Waals surface area contributed by atoms with Gasteiger partial charge in [-0.15, -0.1) is 0 Å². The van der Waals surface area contributed by atoms with Crippen LogP contribution in [0.4, 0.5) is 4.39 Å². The number of rotatable bonds is 4. The van der Waals surface area contributed by atoms with Crippen LogP contribution in [-0.4, -0.2) is 29.0 Å². The number of benzene rings is 2. The van der Waals surface area contributed by atoms with Crippen LogP contribution in [0, 0.1) is 12.7 Å². The fourth-order valence-corrected chi connectivity index (χ4v) is 4.06. The predicted octanol–water partition coefficient (Wildman–Crippen LogP) is 3.40. The molecule has 1 aliphatic heterocycles. The molecule has 0 aromatic heterocycles. The van der Waals surface area contributed by atoms with Crippen molar-refractivity contribution in [2.24, 2.45) is 0 Å². The van der Waals surface area contributed by atoms with Crippen molar-refractivity contribution >= 4 is 0 Å². The Labute approximate surface area is 153 Å². The number of halogens is 1. The summed E-state index contributed by atoms with van der Waals surface area (Å²) < 4.78 is 20.4. The molecule has 0 radical (unpaired) electrons. The van der Waals surface area contributed by atoms with Crippen LogP contribution < -0.4 is 0 Å². The molecule has 3 atom stereocenters. The molecule has 1 fully saturated rings. The smallest absolute Gasteiger partial charge is 0.129 e. The van der Waals surface area contributed by atoms with E-state index in [-0.39, 0.29) is 12.4 Å². The average Bonchev–Trinajstić information content (AvgIpc) is 2.59. The lowest BCUT2D eigenvalue weighted by Gasteiger charge is -2.33. The normalized spacial score (nSPS) is 24.8. The van der Waals surface area contributed by atoms with Crippen LogP contribution in [0.2, 0.25) is 0 Å². The third-order valence-corrected chi connectivity index (χ3v) is 5.71. The molecule has 2 aromatic rings. The van der Waals surface area contributed by atoms with E-state index in [4.69, 9.17) is 4.74 Å². The summed E-state index contributed by atoms with van der Waals surface area (Å²) in [5.74, 6) is -0.306. The Kier molecular flexibility index (Phi) is 4.82. The van der Waals surface area contributed by atoms with Gasteiger partial charge in [-0.3, -0.25) is 0 Å². The minimum absolute atomic E-state index is 0.164. The van der Waals surface area contributed by atoms with Crippen LogP contribution in [-0.2, 0) is 24.0 Å². The molecule has 0 saturated carbocycles. The second-order valence-corrected chi connectivity index (χ2v) is 7.63. The third-order valence-electron chi connectivity index (χ3n) is 5.71. The summed E-state index contributed by atoms with van der Waals surface area (Å²) in [5.41, 5.74) is 6.57.